The molecule has 0 radical (unpaired) electrons. The van der Waals surface area contributed by atoms with E-state index in [0.717, 1.165) is 9.88 Å². The number of thiazole rings is 1. The minimum absolute atomic E-state index is 0.0618. The molecule has 1 aliphatic rings. The summed E-state index contributed by atoms with van der Waals surface area (Å²) >= 11 is 3.08. The predicted molar refractivity (Wildman–Crippen MR) is 101 cm³/mol. The van der Waals surface area contributed by atoms with Gasteiger partial charge in [-0.3, -0.25) is 4.79 Å². The molecule has 1 amide bonds. The summed E-state index contributed by atoms with van der Waals surface area (Å²) < 4.78 is 5.62. The van der Waals surface area contributed by atoms with Gasteiger partial charge in [0, 0.05) is 23.8 Å². The van der Waals surface area contributed by atoms with E-state index in [1.807, 2.05) is 43.7 Å². The molecule has 2 atom stereocenters. The molecule has 3 rings (SSSR count). The van der Waals surface area contributed by atoms with Crippen LogP contribution in [0.4, 0.5) is 0 Å². The molecule has 1 fully saturated rings. The number of hydrogen-bond donors (Lipinski definition) is 2. The van der Waals surface area contributed by atoms with E-state index in [1.165, 1.54) is 11.3 Å². The van der Waals surface area contributed by atoms with Crippen LogP contribution in [0, 0.1) is 5.41 Å². The second-order valence-electron chi connectivity index (χ2n) is 6.93. The van der Waals surface area contributed by atoms with E-state index < -0.39 is 16.9 Å². The zero-order valence-corrected chi connectivity index (χ0v) is 16.6. The van der Waals surface area contributed by atoms with Crippen LogP contribution in [0.25, 0.3) is 9.88 Å². The summed E-state index contributed by atoms with van der Waals surface area (Å²) in [4.78, 5) is 30.0. The molecule has 2 N–H and O–H groups in total. The maximum Gasteiger partial charge on any atom is 0.330 e. The van der Waals surface area contributed by atoms with Gasteiger partial charge in [-0.2, -0.15) is 0 Å². The number of thiophene rings is 1. The lowest BCUT2D eigenvalue weighted by molar-refractivity contribution is -0.194. The third kappa shape index (κ3) is 3.17. The number of rotatable bonds is 7. The van der Waals surface area contributed by atoms with Crippen LogP contribution < -0.4 is 5.32 Å². The van der Waals surface area contributed by atoms with Gasteiger partial charge in [0.05, 0.1) is 23.1 Å². The monoisotopic (exact) mass is 394 g/mol. The van der Waals surface area contributed by atoms with Gasteiger partial charge in [0.25, 0.3) is 0 Å². The van der Waals surface area contributed by atoms with Crippen LogP contribution in [0.2, 0.25) is 0 Å². The zero-order valence-electron chi connectivity index (χ0n) is 14.9. The Morgan fingerprint density at radius 3 is 2.77 bits per heavy atom. The first-order chi connectivity index (χ1) is 12.3. The molecule has 140 valence electrons. The topological polar surface area (TPSA) is 88.5 Å². The Balaban J connectivity index is 1.69. The molecule has 2 heterocycles. The van der Waals surface area contributed by atoms with Crippen LogP contribution in [0.3, 0.4) is 0 Å². The summed E-state index contributed by atoms with van der Waals surface area (Å²) in [6, 6.07) is 3.94. The van der Waals surface area contributed by atoms with Gasteiger partial charge in [0.1, 0.15) is 10.5 Å². The zero-order chi connectivity index (χ0) is 18.9. The molecule has 2 aromatic rings. The summed E-state index contributed by atoms with van der Waals surface area (Å²) in [6.45, 7) is 6.04. The van der Waals surface area contributed by atoms with Crippen molar-refractivity contribution in [3.8, 4) is 9.88 Å². The molecular weight excluding hydrogens is 372 g/mol. The highest BCUT2D eigenvalue weighted by atomic mass is 32.1. The number of carboxylic acid groups (broad SMARTS) is 1. The normalized spacial score (nSPS) is 24.0. The van der Waals surface area contributed by atoms with Crippen LogP contribution >= 0.6 is 22.7 Å². The average Bonchev–Trinajstić information content (AvgIpc) is 3.24. The summed E-state index contributed by atoms with van der Waals surface area (Å²) in [6.07, 6.45) is 0.146. The molecular formula is C18H22N2O4S2. The number of carbonyl (C=O) groups is 2. The van der Waals surface area contributed by atoms with Crippen LogP contribution in [0.1, 0.15) is 32.9 Å². The Morgan fingerprint density at radius 2 is 2.19 bits per heavy atom. The molecule has 0 aromatic carbocycles. The lowest BCUT2D eigenvalue weighted by Gasteiger charge is -2.58. The van der Waals surface area contributed by atoms with Crippen LogP contribution in [-0.2, 0) is 20.7 Å². The number of aromatic nitrogens is 1. The number of aliphatic carboxylic acids is 1. The Labute approximate surface area is 160 Å². The minimum Gasteiger partial charge on any atom is -0.479 e. The second-order valence-corrected chi connectivity index (χ2v) is 8.73. The van der Waals surface area contributed by atoms with E-state index in [9.17, 15) is 14.7 Å². The molecule has 2 unspecified atom stereocenters. The largest absolute Gasteiger partial charge is 0.479 e. The van der Waals surface area contributed by atoms with Crippen molar-refractivity contribution in [2.75, 3.05) is 6.61 Å². The first kappa shape index (κ1) is 19.0. The summed E-state index contributed by atoms with van der Waals surface area (Å²) in [5.74, 6) is -1.36. The fourth-order valence-electron chi connectivity index (χ4n) is 3.39. The highest BCUT2D eigenvalue weighted by Crippen LogP contribution is 2.51. The smallest absolute Gasteiger partial charge is 0.330 e. The van der Waals surface area contributed by atoms with Gasteiger partial charge in [-0.05, 0) is 18.4 Å². The molecule has 8 heteroatoms. The van der Waals surface area contributed by atoms with Crippen LogP contribution in [0.5, 0.6) is 0 Å². The molecule has 1 aliphatic carbocycles. The molecule has 1 saturated carbocycles. The Hall–Kier alpha value is -1.77. The number of carbonyl (C=O) groups excluding carboxylic acids is 1. The van der Waals surface area contributed by atoms with E-state index in [-0.39, 0.29) is 24.9 Å². The molecule has 26 heavy (non-hydrogen) atoms. The van der Waals surface area contributed by atoms with Gasteiger partial charge in [-0.15, -0.1) is 22.7 Å². The molecule has 2 aromatic heterocycles. The Bertz CT molecular complexity index is 800. The number of ether oxygens (including phenoxy) is 1. The van der Waals surface area contributed by atoms with Crippen LogP contribution in [-0.4, -0.2) is 40.2 Å². The number of carboxylic acids is 1. The Morgan fingerprint density at radius 1 is 1.42 bits per heavy atom. The van der Waals surface area contributed by atoms with Gasteiger partial charge in [-0.1, -0.05) is 19.9 Å². The molecule has 0 spiro atoms. The van der Waals surface area contributed by atoms with Crippen molar-refractivity contribution in [3.63, 3.8) is 0 Å². The standard InChI is InChI=1S/C18H22N2O4S2/c1-4-24-13-9-18(16(22)23,17(13,2)3)20-14(21)8-11-10-26-15(19-11)12-6-5-7-25-12/h5-7,10,13H,4,8-9H2,1-3H3,(H,20,21)(H,22,23). The highest BCUT2D eigenvalue weighted by molar-refractivity contribution is 7.20. The summed E-state index contributed by atoms with van der Waals surface area (Å²) in [5, 5.41) is 17.2. The first-order valence-corrected chi connectivity index (χ1v) is 10.2. The second kappa shape index (κ2) is 7.09. The van der Waals surface area contributed by atoms with Crippen molar-refractivity contribution in [1.29, 1.82) is 0 Å². The molecule has 6 nitrogen and oxygen atoms in total. The molecule has 0 aliphatic heterocycles. The third-order valence-corrected chi connectivity index (χ3v) is 7.04. The number of hydrogen-bond acceptors (Lipinski definition) is 6. The van der Waals surface area contributed by atoms with Gasteiger partial charge in [-0.25, -0.2) is 9.78 Å². The van der Waals surface area contributed by atoms with Crippen molar-refractivity contribution in [2.45, 2.75) is 45.3 Å². The predicted octanol–water partition coefficient (Wildman–Crippen LogP) is 3.19. The summed E-state index contributed by atoms with van der Waals surface area (Å²) in [7, 11) is 0. The minimum atomic E-state index is -1.31. The number of nitrogens with one attached hydrogen (secondary N) is 1. The maximum absolute atomic E-state index is 12.5. The van der Waals surface area contributed by atoms with Crippen molar-refractivity contribution in [2.24, 2.45) is 5.41 Å². The lowest BCUT2D eigenvalue weighted by atomic mass is 9.54. The maximum atomic E-state index is 12.5. The van der Waals surface area contributed by atoms with Crippen molar-refractivity contribution >= 4 is 34.6 Å². The third-order valence-electron chi connectivity index (χ3n) is 5.11. The number of amides is 1. The highest BCUT2D eigenvalue weighted by Gasteiger charge is 2.66. The fourth-order valence-corrected chi connectivity index (χ4v) is 5.02. The Kier molecular flexibility index (Phi) is 5.18. The van der Waals surface area contributed by atoms with E-state index in [4.69, 9.17) is 4.74 Å². The van der Waals surface area contributed by atoms with Crippen LogP contribution in [0.15, 0.2) is 22.9 Å². The van der Waals surface area contributed by atoms with E-state index >= 15 is 0 Å². The quantitative estimate of drug-likeness (QED) is 0.753. The molecule has 0 saturated heterocycles. The van der Waals surface area contributed by atoms with Gasteiger partial charge >= 0.3 is 5.97 Å². The van der Waals surface area contributed by atoms with Crippen molar-refractivity contribution in [1.82, 2.24) is 10.3 Å². The van der Waals surface area contributed by atoms with Crippen molar-refractivity contribution in [3.05, 3.63) is 28.6 Å². The summed E-state index contributed by atoms with van der Waals surface area (Å²) in [5.41, 5.74) is -1.35. The van der Waals surface area contributed by atoms with Gasteiger partial charge < -0.3 is 15.2 Å². The first-order valence-electron chi connectivity index (χ1n) is 8.44. The van der Waals surface area contributed by atoms with E-state index in [0.29, 0.717) is 12.3 Å². The average molecular weight is 395 g/mol. The SMILES string of the molecule is CCOC1CC(NC(=O)Cc2csc(-c3cccs3)n2)(C(=O)O)C1(C)C. The van der Waals surface area contributed by atoms with Crippen molar-refractivity contribution < 1.29 is 19.4 Å². The van der Waals surface area contributed by atoms with E-state index in [1.54, 1.807) is 11.3 Å². The van der Waals surface area contributed by atoms with E-state index in [2.05, 4.69) is 10.3 Å². The lowest BCUT2D eigenvalue weighted by Crippen LogP contribution is -2.76. The van der Waals surface area contributed by atoms with Gasteiger partial charge in [0.15, 0.2) is 0 Å². The van der Waals surface area contributed by atoms with Gasteiger partial charge in [0.2, 0.25) is 5.91 Å². The fraction of sp³-hybridized carbons (Fsp3) is 0.500. The molecule has 0 bridgehead atoms. The number of nitrogens with zero attached hydrogens (tertiary/aromatic N) is 1.